The second-order valence-electron chi connectivity index (χ2n) is 5.83. The molecular weight excluding hydrogens is 362 g/mol. The van der Waals surface area contributed by atoms with Gasteiger partial charge in [-0.2, -0.15) is 0 Å². The summed E-state index contributed by atoms with van der Waals surface area (Å²) in [5.74, 6) is 0.298. The number of hydrogen-bond acceptors (Lipinski definition) is 4. The SMILES string of the molecule is CCCNC(=O)c1ccccc1NC(=S)NC(=O)Cc1ccc(OC)cc1. The van der Waals surface area contributed by atoms with Gasteiger partial charge in [0.1, 0.15) is 5.75 Å². The molecule has 2 amide bonds. The van der Waals surface area contributed by atoms with Gasteiger partial charge in [-0.15, -0.1) is 0 Å². The van der Waals surface area contributed by atoms with Crippen molar-refractivity contribution in [3.8, 4) is 5.75 Å². The Morgan fingerprint density at radius 2 is 1.78 bits per heavy atom. The van der Waals surface area contributed by atoms with Gasteiger partial charge in [0, 0.05) is 6.54 Å². The highest BCUT2D eigenvalue weighted by Crippen LogP contribution is 2.15. The molecule has 0 aromatic heterocycles. The van der Waals surface area contributed by atoms with Crippen LogP contribution in [-0.4, -0.2) is 30.6 Å². The van der Waals surface area contributed by atoms with Crippen LogP contribution in [0.25, 0.3) is 0 Å². The Labute approximate surface area is 164 Å². The van der Waals surface area contributed by atoms with Crippen LogP contribution in [0.15, 0.2) is 48.5 Å². The van der Waals surface area contributed by atoms with Crippen LogP contribution in [0.1, 0.15) is 29.3 Å². The lowest BCUT2D eigenvalue weighted by Gasteiger charge is -2.13. The van der Waals surface area contributed by atoms with Crippen molar-refractivity contribution in [2.24, 2.45) is 0 Å². The Morgan fingerprint density at radius 1 is 1.07 bits per heavy atom. The van der Waals surface area contributed by atoms with E-state index in [1.165, 1.54) is 0 Å². The van der Waals surface area contributed by atoms with Gasteiger partial charge in [0.05, 0.1) is 24.8 Å². The van der Waals surface area contributed by atoms with Gasteiger partial charge in [-0.25, -0.2) is 0 Å². The minimum absolute atomic E-state index is 0.143. The summed E-state index contributed by atoms with van der Waals surface area (Å²) in [6, 6.07) is 14.2. The quantitative estimate of drug-likeness (QED) is 0.639. The molecule has 0 atom stereocenters. The molecule has 0 aliphatic rings. The predicted molar refractivity (Wildman–Crippen MR) is 110 cm³/mol. The first-order chi connectivity index (χ1) is 13.0. The number of anilines is 1. The van der Waals surface area contributed by atoms with Crippen molar-refractivity contribution in [3.63, 3.8) is 0 Å². The van der Waals surface area contributed by atoms with E-state index in [1.807, 2.05) is 19.1 Å². The third kappa shape index (κ3) is 6.38. The molecule has 2 rings (SSSR count). The Morgan fingerprint density at radius 3 is 2.44 bits per heavy atom. The highest BCUT2D eigenvalue weighted by Gasteiger charge is 2.12. The molecule has 0 unspecified atom stereocenters. The molecular formula is C20H23N3O3S. The molecule has 0 aliphatic carbocycles. The van der Waals surface area contributed by atoms with Crippen molar-refractivity contribution in [1.29, 1.82) is 0 Å². The average molecular weight is 385 g/mol. The largest absolute Gasteiger partial charge is 0.497 e. The van der Waals surface area contributed by atoms with E-state index < -0.39 is 0 Å². The number of rotatable bonds is 7. The molecule has 2 aromatic rings. The first-order valence-electron chi connectivity index (χ1n) is 8.64. The highest BCUT2D eigenvalue weighted by atomic mass is 32.1. The van der Waals surface area contributed by atoms with Gasteiger partial charge < -0.3 is 20.7 Å². The molecule has 0 heterocycles. The molecule has 0 bridgehead atoms. The standard InChI is InChI=1S/C20H23N3O3S/c1-3-12-21-19(25)16-6-4-5-7-17(16)22-20(27)23-18(24)13-14-8-10-15(26-2)11-9-14/h4-11H,3,12-13H2,1-2H3,(H,21,25)(H2,22,23,24,27). The van der Waals surface area contributed by atoms with E-state index in [0.29, 0.717) is 17.8 Å². The number of hydrogen-bond donors (Lipinski definition) is 3. The molecule has 6 nitrogen and oxygen atoms in total. The first kappa shape index (κ1) is 20.4. The number of thiocarbonyl (C=S) groups is 1. The molecule has 3 N–H and O–H groups in total. The van der Waals surface area contributed by atoms with Crippen LogP contribution in [-0.2, 0) is 11.2 Å². The predicted octanol–water partition coefficient (Wildman–Crippen LogP) is 2.89. The van der Waals surface area contributed by atoms with Crippen molar-refractivity contribution in [3.05, 3.63) is 59.7 Å². The third-order valence-corrected chi connectivity index (χ3v) is 3.94. The van der Waals surface area contributed by atoms with Gasteiger partial charge in [0.15, 0.2) is 5.11 Å². The van der Waals surface area contributed by atoms with Crippen LogP contribution >= 0.6 is 12.2 Å². The summed E-state index contributed by atoms with van der Waals surface area (Å²) in [6.07, 6.45) is 1.03. The fourth-order valence-corrected chi connectivity index (χ4v) is 2.60. The molecule has 0 saturated heterocycles. The van der Waals surface area contributed by atoms with E-state index in [9.17, 15) is 9.59 Å². The maximum atomic E-state index is 12.2. The number of ether oxygens (including phenoxy) is 1. The van der Waals surface area contributed by atoms with Gasteiger partial charge in [-0.1, -0.05) is 31.2 Å². The van der Waals surface area contributed by atoms with Gasteiger partial charge in [0.25, 0.3) is 5.91 Å². The molecule has 7 heteroatoms. The molecule has 0 spiro atoms. The summed E-state index contributed by atoms with van der Waals surface area (Å²) in [6.45, 7) is 2.58. The monoisotopic (exact) mass is 385 g/mol. The number of carbonyl (C=O) groups excluding carboxylic acids is 2. The van der Waals surface area contributed by atoms with Gasteiger partial charge in [-0.05, 0) is 48.5 Å². The topological polar surface area (TPSA) is 79.5 Å². The molecule has 2 aromatic carbocycles. The minimum atomic E-state index is -0.245. The fourth-order valence-electron chi connectivity index (χ4n) is 2.38. The van der Waals surface area contributed by atoms with E-state index >= 15 is 0 Å². The lowest BCUT2D eigenvalue weighted by atomic mass is 10.1. The smallest absolute Gasteiger partial charge is 0.253 e. The van der Waals surface area contributed by atoms with Gasteiger partial charge in [0.2, 0.25) is 5.91 Å². The molecule has 0 aliphatic heterocycles. The third-order valence-electron chi connectivity index (χ3n) is 3.73. The van der Waals surface area contributed by atoms with Crippen molar-refractivity contribution in [2.45, 2.75) is 19.8 Å². The number of para-hydroxylation sites is 1. The summed E-state index contributed by atoms with van der Waals surface area (Å²) >= 11 is 5.21. The van der Waals surface area contributed by atoms with Crippen molar-refractivity contribution in [1.82, 2.24) is 10.6 Å². The second-order valence-corrected chi connectivity index (χ2v) is 6.24. The number of carbonyl (C=O) groups is 2. The van der Waals surface area contributed by atoms with Crippen LogP contribution in [0.3, 0.4) is 0 Å². The maximum Gasteiger partial charge on any atom is 0.253 e. The number of amides is 2. The summed E-state index contributed by atoms with van der Waals surface area (Å²) in [7, 11) is 1.59. The summed E-state index contributed by atoms with van der Waals surface area (Å²) in [4.78, 5) is 24.4. The van der Waals surface area contributed by atoms with E-state index in [0.717, 1.165) is 17.7 Å². The van der Waals surface area contributed by atoms with E-state index in [2.05, 4.69) is 16.0 Å². The normalized spacial score (nSPS) is 10.0. The Balaban J connectivity index is 1.94. The summed E-state index contributed by atoms with van der Waals surface area (Å²) < 4.78 is 5.10. The Kier molecular flexibility index (Phi) is 7.76. The van der Waals surface area contributed by atoms with E-state index in [1.54, 1.807) is 43.5 Å². The van der Waals surface area contributed by atoms with Gasteiger partial charge >= 0.3 is 0 Å². The second kappa shape index (κ2) is 10.3. The maximum absolute atomic E-state index is 12.2. The van der Waals surface area contributed by atoms with Crippen molar-refractivity contribution < 1.29 is 14.3 Å². The Hall–Kier alpha value is -2.93. The fraction of sp³-hybridized carbons (Fsp3) is 0.250. The zero-order chi connectivity index (χ0) is 19.6. The van der Waals surface area contributed by atoms with E-state index in [-0.39, 0.29) is 23.3 Å². The lowest BCUT2D eigenvalue weighted by molar-refractivity contribution is -0.119. The van der Waals surface area contributed by atoms with Crippen LogP contribution in [0.5, 0.6) is 5.75 Å². The number of methoxy groups -OCH3 is 1. The molecule has 0 saturated carbocycles. The molecule has 27 heavy (non-hydrogen) atoms. The zero-order valence-electron chi connectivity index (χ0n) is 15.4. The molecule has 0 fully saturated rings. The minimum Gasteiger partial charge on any atom is -0.497 e. The van der Waals surface area contributed by atoms with E-state index in [4.69, 9.17) is 17.0 Å². The van der Waals surface area contributed by atoms with Crippen LogP contribution in [0.2, 0.25) is 0 Å². The average Bonchev–Trinajstić information content (AvgIpc) is 2.67. The van der Waals surface area contributed by atoms with Crippen LogP contribution < -0.4 is 20.7 Å². The lowest BCUT2D eigenvalue weighted by Crippen LogP contribution is -2.36. The number of nitrogens with one attached hydrogen (secondary N) is 3. The summed E-state index contributed by atoms with van der Waals surface area (Å²) in [5, 5.41) is 8.52. The molecule has 0 radical (unpaired) electrons. The highest BCUT2D eigenvalue weighted by molar-refractivity contribution is 7.80. The van der Waals surface area contributed by atoms with Crippen LogP contribution in [0.4, 0.5) is 5.69 Å². The molecule has 142 valence electrons. The first-order valence-corrected chi connectivity index (χ1v) is 9.05. The van der Waals surface area contributed by atoms with Crippen LogP contribution in [0, 0.1) is 0 Å². The number of benzene rings is 2. The summed E-state index contributed by atoms with van der Waals surface area (Å²) in [5.41, 5.74) is 1.86. The van der Waals surface area contributed by atoms with Gasteiger partial charge in [-0.3, -0.25) is 9.59 Å². The zero-order valence-corrected chi connectivity index (χ0v) is 16.2. The van der Waals surface area contributed by atoms with Crippen molar-refractivity contribution in [2.75, 3.05) is 19.0 Å². The van der Waals surface area contributed by atoms with Crippen molar-refractivity contribution >= 4 is 34.8 Å². The Bertz CT molecular complexity index is 806.